The Labute approximate surface area is 166 Å². The molecule has 0 atom stereocenters. The zero-order valence-corrected chi connectivity index (χ0v) is 16.8. The van der Waals surface area contributed by atoms with E-state index in [-0.39, 0.29) is 28.2 Å². The molecular formula is C16H14BrClFN3O3S. The van der Waals surface area contributed by atoms with Crippen LogP contribution in [0.4, 0.5) is 4.39 Å². The van der Waals surface area contributed by atoms with Gasteiger partial charge in [0.15, 0.2) is 0 Å². The van der Waals surface area contributed by atoms with Crippen LogP contribution in [0.1, 0.15) is 20.7 Å². The van der Waals surface area contributed by atoms with Gasteiger partial charge in [0.05, 0.1) is 23.3 Å². The van der Waals surface area contributed by atoms with Gasteiger partial charge in [0, 0.05) is 37.0 Å². The fourth-order valence-electron chi connectivity index (χ4n) is 2.60. The Morgan fingerprint density at radius 1 is 1.50 bits per heavy atom. The van der Waals surface area contributed by atoms with E-state index in [1.807, 2.05) is 0 Å². The van der Waals surface area contributed by atoms with Gasteiger partial charge in [0.1, 0.15) is 16.2 Å². The topological polar surface area (TPSA) is 71.5 Å². The monoisotopic (exact) mass is 461 g/mol. The summed E-state index contributed by atoms with van der Waals surface area (Å²) in [6.07, 6.45) is 0. The van der Waals surface area contributed by atoms with Crippen molar-refractivity contribution in [2.75, 3.05) is 26.7 Å². The molecule has 1 fully saturated rings. The molecule has 0 radical (unpaired) electrons. The molecule has 1 N–H and O–H groups in total. The fourth-order valence-corrected chi connectivity index (χ4v) is 4.14. The first-order valence-corrected chi connectivity index (χ1v) is 9.61. The van der Waals surface area contributed by atoms with E-state index in [4.69, 9.17) is 16.3 Å². The van der Waals surface area contributed by atoms with Crippen molar-refractivity contribution in [2.45, 2.75) is 0 Å². The van der Waals surface area contributed by atoms with Gasteiger partial charge in [-0.3, -0.25) is 9.59 Å². The molecule has 138 valence electrons. The summed E-state index contributed by atoms with van der Waals surface area (Å²) in [5.74, 6) is -1.05. The van der Waals surface area contributed by atoms with Gasteiger partial charge >= 0.3 is 0 Å². The number of halogens is 3. The first-order valence-electron chi connectivity index (χ1n) is 7.61. The average molecular weight is 463 g/mol. The number of rotatable bonds is 5. The Morgan fingerprint density at radius 2 is 2.23 bits per heavy atom. The summed E-state index contributed by atoms with van der Waals surface area (Å²) in [7, 11) is 1.39. The lowest BCUT2D eigenvalue weighted by atomic mass is 9.98. The predicted octanol–water partition coefficient (Wildman–Crippen LogP) is 3.21. The number of amides is 2. The number of aromatic nitrogens is 1. The SMILES string of the molecule is COc1cc(F)c(C(=O)N2CC(CNC(=O)c3csnc3Br)C2)c(Cl)c1. The summed E-state index contributed by atoms with van der Waals surface area (Å²) in [6.45, 7) is 1.26. The highest BCUT2D eigenvalue weighted by Crippen LogP contribution is 2.29. The van der Waals surface area contributed by atoms with E-state index < -0.39 is 11.7 Å². The van der Waals surface area contributed by atoms with Crippen molar-refractivity contribution in [1.29, 1.82) is 0 Å². The van der Waals surface area contributed by atoms with Gasteiger partial charge in [-0.25, -0.2) is 4.39 Å². The summed E-state index contributed by atoms with van der Waals surface area (Å²) in [4.78, 5) is 26.0. The van der Waals surface area contributed by atoms with Crippen molar-refractivity contribution in [3.63, 3.8) is 0 Å². The van der Waals surface area contributed by atoms with E-state index in [0.29, 0.717) is 29.8 Å². The summed E-state index contributed by atoms with van der Waals surface area (Å²) in [5, 5.41) is 4.48. The van der Waals surface area contributed by atoms with E-state index in [9.17, 15) is 14.0 Å². The van der Waals surface area contributed by atoms with Crippen molar-refractivity contribution in [1.82, 2.24) is 14.6 Å². The van der Waals surface area contributed by atoms with E-state index in [1.165, 1.54) is 29.6 Å². The van der Waals surface area contributed by atoms with Crippen molar-refractivity contribution >= 4 is 50.9 Å². The number of carbonyl (C=O) groups is 2. The minimum Gasteiger partial charge on any atom is -0.497 e. The molecule has 2 aromatic rings. The summed E-state index contributed by atoms with van der Waals surface area (Å²) in [5.41, 5.74) is 0.317. The maximum absolute atomic E-state index is 14.1. The summed E-state index contributed by atoms with van der Waals surface area (Å²) < 4.78 is 23.6. The fraction of sp³-hybridized carbons (Fsp3) is 0.312. The highest BCUT2D eigenvalue weighted by atomic mass is 79.9. The van der Waals surface area contributed by atoms with Gasteiger partial charge in [-0.05, 0) is 33.5 Å². The van der Waals surface area contributed by atoms with Crippen molar-refractivity contribution in [3.05, 3.63) is 44.1 Å². The maximum atomic E-state index is 14.1. The molecule has 1 saturated heterocycles. The zero-order chi connectivity index (χ0) is 18.8. The molecule has 0 spiro atoms. The highest BCUT2D eigenvalue weighted by Gasteiger charge is 2.34. The molecule has 0 bridgehead atoms. The van der Waals surface area contributed by atoms with Crippen LogP contribution in [0.2, 0.25) is 5.02 Å². The Bertz CT molecular complexity index is 834. The maximum Gasteiger partial charge on any atom is 0.258 e. The molecule has 0 unspecified atom stereocenters. The van der Waals surface area contributed by atoms with E-state index in [2.05, 4.69) is 25.6 Å². The molecule has 3 rings (SSSR count). The predicted molar refractivity (Wildman–Crippen MR) is 99.5 cm³/mol. The number of nitrogens with one attached hydrogen (secondary N) is 1. The Morgan fingerprint density at radius 3 is 2.81 bits per heavy atom. The molecule has 1 aliphatic heterocycles. The van der Waals surface area contributed by atoms with E-state index >= 15 is 0 Å². The number of hydrogen-bond donors (Lipinski definition) is 1. The molecule has 6 nitrogen and oxygen atoms in total. The van der Waals surface area contributed by atoms with Gasteiger partial charge in [-0.15, -0.1) is 0 Å². The third-order valence-electron chi connectivity index (χ3n) is 4.03. The number of carbonyl (C=O) groups excluding carboxylic acids is 2. The molecule has 1 aromatic heterocycles. The van der Waals surface area contributed by atoms with Crippen LogP contribution < -0.4 is 10.1 Å². The van der Waals surface area contributed by atoms with Crippen molar-refractivity contribution in [2.24, 2.45) is 5.92 Å². The average Bonchev–Trinajstić information content (AvgIpc) is 2.98. The standard InChI is InChI=1S/C16H14BrClFN3O3S/c1-25-9-2-11(18)13(12(19)3-9)16(24)22-5-8(6-22)4-20-15(23)10-7-26-21-14(10)17/h2-3,7-8H,4-6H2,1H3,(H,20,23). The van der Waals surface area contributed by atoms with Gasteiger partial charge < -0.3 is 15.0 Å². The normalized spacial score (nSPS) is 14.1. The molecule has 1 aliphatic rings. The Kier molecular flexibility index (Phi) is 5.79. The Balaban J connectivity index is 1.54. The summed E-state index contributed by atoms with van der Waals surface area (Å²) in [6, 6.07) is 2.53. The molecule has 2 amide bonds. The number of hydrogen-bond acceptors (Lipinski definition) is 5. The van der Waals surface area contributed by atoms with Crippen LogP contribution in [0.15, 0.2) is 22.1 Å². The lowest BCUT2D eigenvalue weighted by Gasteiger charge is -2.39. The number of likely N-dealkylation sites (tertiary alicyclic amines) is 1. The molecule has 0 aliphatic carbocycles. The minimum absolute atomic E-state index is 0.0124. The van der Waals surface area contributed by atoms with Crippen LogP contribution in [0.5, 0.6) is 5.75 Å². The van der Waals surface area contributed by atoms with Crippen LogP contribution in [0.25, 0.3) is 0 Å². The van der Waals surface area contributed by atoms with Crippen LogP contribution in [0.3, 0.4) is 0 Å². The molecule has 10 heteroatoms. The third kappa shape index (κ3) is 3.84. The molecule has 0 saturated carbocycles. The lowest BCUT2D eigenvalue weighted by Crippen LogP contribution is -2.54. The first-order chi connectivity index (χ1) is 12.4. The van der Waals surface area contributed by atoms with Crippen molar-refractivity contribution in [3.8, 4) is 5.75 Å². The number of ether oxygens (including phenoxy) is 1. The molecule has 26 heavy (non-hydrogen) atoms. The highest BCUT2D eigenvalue weighted by molar-refractivity contribution is 9.10. The van der Waals surface area contributed by atoms with E-state index in [0.717, 1.165) is 6.07 Å². The summed E-state index contributed by atoms with van der Waals surface area (Å²) >= 11 is 10.4. The molecule has 1 aromatic carbocycles. The van der Waals surface area contributed by atoms with Gasteiger partial charge in [0.2, 0.25) is 0 Å². The zero-order valence-electron chi connectivity index (χ0n) is 13.6. The van der Waals surface area contributed by atoms with Gasteiger partial charge in [-0.1, -0.05) is 11.6 Å². The second-order valence-corrected chi connectivity index (χ2v) is 7.56. The van der Waals surface area contributed by atoms with Crippen LogP contribution in [0, 0.1) is 11.7 Å². The second kappa shape index (κ2) is 7.89. The molecular weight excluding hydrogens is 449 g/mol. The van der Waals surface area contributed by atoms with Gasteiger partial charge in [0.25, 0.3) is 11.8 Å². The van der Waals surface area contributed by atoms with Crippen LogP contribution in [-0.2, 0) is 0 Å². The first kappa shape index (κ1) is 19.1. The number of nitrogens with zero attached hydrogens (tertiary/aromatic N) is 2. The molecule has 2 heterocycles. The van der Waals surface area contributed by atoms with Crippen molar-refractivity contribution < 1.29 is 18.7 Å². The lowest BCUT2D eigenvalue weighted by molar-refractivity contribution is 0.0493. The van der Waals surface area contributed by atoms with Crippen LogP contribution in [-0.4, -0.2) is 47.8 Å². The number of methoxy groups -OCH3 is 1. The van der Waals surface area contributed by atoms with Gasteiger partial charge in [-0.2, -0.15) is 4.37 Å². The number of benzene rings is 1. The largest absolute Gasteiger partial charge is 0.497 e. The quantitative estimate of drug-likeness (QED) is 0.741. The smallest absolute Gasteiger partial charge is 0.258 e. The van der Waals surface area contributed by atoms with Crippen LogP contribution >= 0.6 is 39.1 Å². The Hall–Kier alpha value is -1.71. The second-order valence-electron chi connectivity index (χ2n) is 5.77. The minimum atomic E-state index is -0.717. The third-order valence-corrected chi connectivity index (χ3v) is 5.80. The van der Waals surface area contributed by atoms with E-state index in [1.54, 1.807) is 5.38 Å².